The van der Waals surface area contributed by atoms with Gasteiger partial charge in [0.2, 0.25) is 0 Å². The molecule has 0 saturated carbocycles. The normalized spacial score (nSPS) is 10.9. The topological polar surface area (TPSA) is 56.0 Å². The van der Waals surface area contributed by atoms with Crippen molar-refractivity contribution in [2.75, 3.05) is 0 Å². The molecule has 2 rings (SSSR count). The monoisotopic (exact) mass is 181 g/mol. The van der Waals surface area contributed by atoms with Crippen molar-refractivity contribution < 1.29 is 0 Å². The van der Waals surface area contributed by atoms with Crippen LogP contribution in [-0.2, 0) is 0 Å². The van der Waals surface area contributed by atoms with E-state index in [2.05, 4.69) is 33.1 Å². The highest BCUT2D eigenvalue weighted by Gasteiger charge is 2.07. The average molecular weight is 181 g/mol. The van der Waals surface area contributed by atoms with Gasteiger partial charge >= 0.3 is 0 Å². The van der Waals surface area contributed by atoms with Gasteiger partial charge in [0.25, 0.3) is 5.78 Å². The molecule has 0 N–H and O–H groups in total. The van der Waals surface area contributed by atoms with Gasteiger partial charge in [0.1, 0.15) is 5.03 Å². The lowest BCUT2D eigenvalue weighted by Crippen LogP contribution is -1.99. The predicted molar refractivity (Wildman–Crippen MR) is 45.3 cm³/mol. The molecule has 0 fully saturated rings. The lowest BCUT2D eigenvalue weighted by Gasteiger charge is -2.02. The van der Waals surface area contributed by atoms with E-state index in [1.54, 1.807) is 0 Å². The molecule has 2 aromatic rings. The van der Waals surface area contributed by atoms with Crippen molar-refractivity contribution in [1.29, 1.82) is 0 Å². The van der Waals surface area contributed by atoms with E-state index >= 15 is 0 Å². The molecule has 2 heterocycles. The molecule has 0 saturated heterocycles. The van der Waals surface area contributed by atoms with Crippen LogP contribution in [0.1, 0.15) is 11.3 Å². The van der Waals surface area contributed by atoms with Gasteiger partial charge in [-0.1, -0.05) is 5.10 Å². The smallest absolute Gasteiger partial charge is 0.215 e. The van der Waals surface area contributed by atoms with E-state index < -0.39 is 0 Å². The first-order chi connectivity index (χ1) is 5.70. The summed E-state index contributed by atoms with van der Waals surface area (Å²) >= 11 is 4.28. The van der Waals surface area contributed by atoms with Crippen LogP contribution in [0.5, 0.6) is 0 Å². The molecule has 0 radical (unpaired) electrons. The van der Waals surface area contributed by atoms with Crippen LogP contribution in [0.4, 0.5) is 0 Å². The van der Waals surface area contributed by atoms with E-state index in [-0.39, 0.29) is 0 Å². The maximum absolute atomic E-state index is 4.28. The van der Waals surface area contributed by atoms with Crippen LogP contribution in [0.25, 0.3) is 5.78 Å². The lowest BCUT2D eigenvalue weighted by atomic mass is 10.3. The lowest BCUT2D eigenvalue weighted by molar-refractivity contribution is 0.756. The molecule has 0 aliphatic heterocycles. The Labute approximate surface area is 74.2 Å². The summed E-state index contributed by atoms with van der Waals surface area (Å²) in [6, 6.07) is 0. The number of hydrogen-bond donors (Lipinski definition) is 1. The second-order valence-electron chi connectivity index (χ2n) is 2.54. The van der Waals surface area contributed by atoms with E-state index in [1.165, 1.54) is 4.52 Å². The van der Waals surface area contributed by atoms with Gasteiger partial charge in [-0.3, -0.25) is 0 Å². The van der Waals surface area contributed by atoms with Gasteiger partial charge in [-0.05, 0) is 24.3 Å². The van der Waals surface area contributed by atoms with Gasteiger partial charge in [-0.15, -0.1) is 12.6 Å². The van der Waals surface area contributed by atoms with Gasteiger partial charge in [0, 0.05) is 11.3 Å². The van der Waals surface area contributed by atoms with Gasteiger partial charge in [0.15, 0.2) is 0 Å². The Morgan fingerprint density at radius 3 is 2.83 bits per heavy atom. The van der Waals surface area contributed by atoms with Crippen LogP contribution in [0.2, 0.25) is 0 Å². The number of tetrazole rings is 1. The number of fused-ring (bicyclic) bond motifs is 1. The molecule has 0 atom stereocenters. The van der Waals surface area contributed by atoms with Crippen LogP contribution in [-0.4, -0.2) is 25.0 Å². The maximum Gasteiger partial charge on any atom is 0.274 e. The standard InChI is InChI=1S/C6H7N5S/c1-3-4(2)7-6-8-9-10-11(6)5(3)12/h12H,1-2H3. The first-order valence-electron chi connectivity index (χ1n) is 3.44. The molecule has 0 aliphatic rings. The summed E-state index contributed by atoms with van der Waals surface area (Å²) in [4.78, 5) is 4.17. The van der Waals surface area contributed by atoms with E-state index in [1.807, 2.05) is 13.8 Å². The summed E-state index contributed by atoms with van der Waals surface area (Å²) in [5.41, 5.74) is 1.90. The van der Waals surface area contributed by atoms with Crippen LogP contribution in [0.3, 0.4) is 0 Å². The Morgan fingerprint density at radius 1 is 1.33 bits per heavy atom. The average Bonchev–Trinajstić information content (AvgIpc) is 2.48. The molecule has 0 spiro atoms. The Bertz CT molecular complexity index is 435. The minimum atomic E-state index is 0.489. The number of aromatic nitrogens is 5. The zero-order valence-electron chi connectivity index (χ0n) is 6.68. The summed E-state index contributed by atoms with van der Waals surface area (Å²) < 4.78 is 1.51. The summed E-state index contributed by atoms with van der Waals surface area (Å²) in [5, 5.41) is 11.7. The molecule has 0 unspecified atom stereocenters. The highest BCUT2D eigenvalue weighted by atomic mass is 32.1. The molecule has 62 valence electrons. The number of rotatable bonds is 0. The number of thiol groups is 1. The zero-order chi connectivity index (χ0) is 8.72. The summed E-state index contributed by atoms with van der Waals surface area (Å²) in [7, 11) is 0. The van der Waals surface area contributed by atoms with Crippen molar-refractivity contribution in [1.82, 2.24) is 25.0 Å². The number of nitrogens with zero attached hydrogens (tertiary/aromatic N) is 5. The first-order valence-corrected chi connectivity index (χ1v) is 3.89. The first kappa shape index (κ1) is 7.48. The van der Waals surface area contributed by atoms with Gasteiger partial charge < -0.3 is 0 Å². The third-order valence-corrected chi connectivity index (χ3v) is 2.32. The van der Waals surface area contributed by atoms with Crippen molar-refractivity contribution >= 4 is 18.4 Å². The van der Waals surface area contributed by atoms with Crippen LogP contribution >= 0.6 is 12.6 Å². The SMILES string of the molecule is Cc1nc2nnnn2c(S)c1C. The van der Waals surface area contributed by atoms with Crippen molar-refractivity contribution in [2.45, 2.75) is 18.9 Å². The highest BCUT2D eigenvalue weighted by molar-refractivity contribution is 7.80. The largest absolute Gasteiger partial charge is 0.274 e. The van der Waals surface area contributed by atoms with E-state index in [4.69, 9.17) is 0 Å². The summed E-state index contributed by atoms with van der Waals surface area (Å²) in [5.74, 6) is 0.489. The highest BCUT2D eigenvalue weighted by Crippen LogP contribution is 2.14. The van der Waals surface area contributed by atoms with Crippen LogP contribution in [0.15, 0.2) is 5.03 Å². The quantitative estimate of drug-likeness (QED) is 0.473. The van der Waals surface area contributed by atoms with Gasteiger partial charge in [-0.25, -0.2) is 4.98 Å². The molecule has 0 aromatic carbocycles. The Morgan fingerprint density at radius 2 is 2.08 bits per heavy atom. The summed E-state index contributed by atoms with van der Waals surface area (Å²) in [6.07, 6.45) is 0. The van der Waals surface area contributed by atoms with E-state index in [0.717, 1.165) is 16.3 Å². The fraction of sp³-hybridized carbons (Fsp3) is 0.333. The molecule has 0 bridgehead atoms. The van der Waals surface area contributed by atoms with E-state index in [9.17, 15) is 0 Å². The van der Waals surface area contributed by atoms with Gasteiger partial charge in [-0.2, -0.15) is 4.52 Å². The third-order valence-electron chi connectivity index (χ3n) is 1.80. The van der Waals surface area contributed by atoms with Crippen LogP contribution in [0, 0.1) is 13.8 Å². The molecular formula is C6H7N5S. The Balaban J connectivity index is 2.94. The maximum atomic E-state index is 4.28. The van der Waals surface area contributed by atoms with Crippen molar-refractivity contribution in [2.24, 2.45) is 0 Å². The third kappa shape index (κ3) is 0.878. The van der Waals surface area contributed by atoms with Gasteiger partial charge in [0.05, 0.1) is 0 Å². The van der Waals surface area contributed by atoms with Crippen LogP contribution < -0.4 is 0 Å². The second kappa shape index (κ2) is 2.41. The van der Waals surface area contributed by atoms with Crippen molar-refractivity contribution in [3.05, 3.63) is 11.3 Å². The zero-order valence-corrected chi connectivity index (χ0v) is 7.58. The number of aryl methyl sites for hydroxylation is 1. The molecule has 0 aliphatic carbocycles. The van der Waals surface area contributed by atoms with Crippen molar-refractivity contribution in [3.8, 4) is 0 Å². The number of hydrogen-bond acceptors (Lipinski definition) is 5. The molecule has 2 aromatic heterocycles. The Kier molecular flexibility index (Phi) is 1.50. The Hall–Kier alpha value is -1.17. The summed E-state index contributed by atoms with van der Waals surface area (Å²) in [6.45, 7) is 3.84. The molecule has 5 nitrogen and oxygen atoms in total. The fourth-order valence-corrected chi connectivity index (χ4v) is 1.23. The van der Waals surface area contributed by atoms with Crippen molar-refractivity contribution in [3.63, 3.8) is 0 Å². The predicted octanol–water partition coefficient (Wildman–Crippen LogP) is 0.425. The molecule has 0 amide bonds. The minimum absolute atomic E-state index is 0.489. The second-order valence-corrected chi connectivity index (χ2v) is 2.96. The fourth-order valence-electron chi connectivity index (χ4n) is 0.944. The van der Waals surface area contributed by atoms with E-state index in [0.29, 0.717) is 5.78 Å². The minimum Gasteiger partial charge on any atom is -0.215 e. The molecule has 12 heavy (non-hydrogen) atoms. The molecule has 6 heteroatoms. The molecular weight excluding hydrogens is 174 g/mol.